The predicted octanol–water partition coefficient (Wildman–Crippen LogP) is 3.64. The Morgan fingerprint density at radius 1 is 1.03 bits per heavy atom. The summed E-state index contributed by atoms with van der Waals surface area (Å²) in [6, 6.07) is 14.0. The third kappa shape index (κ3) is 2.73. The molecule has 2 aliphatic carbocycles. The molecule has 3 fully saturated rings. The van der Waals surface area contributed by atoms with Crippen LogP contribution >= 0.6 is 0 Å². The van der Waals surface area contributed by atoms with E-state index >= 15 is 0 Å². The molecule has 6 rings (SSSR count). The van der Waals surface area contributed by atoms with Gasteiger partial charge in [0, 0.05) is 29.9 Å². The van der Waals surface area contributed by atoms with Crippen LogP contribution in [-0.2, 0) is 21.3 Å². The number of hydrogen-bond donors (Lipinski definition) is 1. The number of fused-ring (bicyclic) bond motifs is 1. The van der Waals surface area contributed by atoms with Crippen LogP contribution in [0.4, 0.5) is 0 Å². The molecule has 0 amide bonds. The highest BCUT2D eigenvalue weighted by Gasteiger charge is 2.68. The fourth-order valence-electron chi connectivity index (χ4n) is 6.87. The fraction of sp³-hybridized carbons (Fsp3) is 0.538. The molecule has 2 saturated heterocycles. The van der Waals surface area contributed by atoms with Crippen molar-refractivity contribution >= 4 is 0 Å². The van der Waals surface area contributed by atoms with Crippen molar-refractivity contribution in [3.8, 4) is 17.2 Å². The molecule has 1 spiro atoms. The molecule has 170 valence electrons. The SMILES string of the molecule is COc1ccc2c(c1Oc1ccccc1)[C@]13CCN(C)C(C2)[C@]1(O)CCC1(C3)OCCO1. The quantitative estimate of drug-likeness (QED) is 0.791. The van der Waals surface area contributed by atoms with Crippen molar-refractivity contribution in [1.29, 1.82) is 0 Å². The molecular weight excluding hydrogens is 406 g/mol. The summed E-state index contributed by atoms with van der Waals surface area (Å²) in [5.41, 5.74) is 0.881. The lowest BCUT2D eigenvalue weighted by Gasteiger charge is -2.65. The molecule has 0 radical (unpaired) electrons. The molecule has 1 saturated carbocycles. The third-order valence-corrected chi connectivity index (χ3v) is 8.36. The van der Waals surface area contributed by atoms with E-state index in [1.807, 2.05) is 36.4 Å². The van der Waals surface area contributed by atoms with Crippen LogP contribution in [0.25, 0.3) is 0 Å². The van der Waals surface area contributed by atoms with Crippen LogP contribution in [0.1, 0.15) is 36.8 Å². The van der Waals surface area contributed by atoms with Crippen LogP contribution in [0, 0.1) is 0 Å². The van der Waals surface area contributed by atoms with E-state index in [-0.39, 0.29) is 6.04 Å². The number of aliphatic hydroxyl groups is 1. The largest absolute Gasteiger partial charge is 0.493 e. The standard InChI is InChI=1S/C26H31NO5/c1-27-13-12-24-17-25(30-14-15-31-25)10-11-26(24,28)21(27)16-18-8-9-20(29-2)23(22(18)24)32-19-6-4-3-5-7-19/h3-9,21,28H,10-17H2,1-2H3/t21?,24-,26-/m1/s1. The number of para-hydroxylation sites is 1. The van der Waals surface area contributed by atoms with Gasteiger partial charge in [-0.3, -0.25) is 0 Å². The molecule has 0 aromatic heterocycles. The van der Waals surface area contributed by atoms with Crippen molar-refractivity contribution in [2.75, 3.05) is 33.9 Å². The van der Waals surface area contributed by atoms with Crippen molar-refractivity contribution in [2.45, 2.75) is 54.9 Å². The molecule has 2 aromatic rings. The molecule has 2 aromatic carbocycles. The van der Waals surface area contributed by atoms with Gasteiger partial charge >= 0.3 is 0 Å². The maximum Gasteiger partial charge on any atom is 0.173 e. The Morgan fingerprint density at radius 2 is 1.81 bits per heavy atom. The van der Waals surface area contributed by atoms with Gasteiger partial charge in [0.25, 0.3) is 0 Å². The van der Waals surface area contributed by atoms with Crippen LogP contribution in [0.5, 0.6) is 17.2 Å². The van der Waals surface area contributed by atoms with Gasteiger partial charge in [0.15, 0.2) is 17.3 Å². The summed E-state index contributed by atoms with van der Waals surface area (Å²) in [7, 11) is 3.81. The van der Waals surface area contributed by atoms with Crippen molar-refractivity contribution < 1.29 is 24.1 Å². The normalized spacial score (nSPS) is 32.9. The first-order valence-corrected chi connectivity index (χ1v) is 11.6. The molecule has 1 N–H and O–H groups in total. The van der Waals surface area contributed by atoms with Gasteiger partial charge in [0.05, 0.1) is 25.9 Å². The second-order valence-corrected chi connectivity index (χ2v) is 9.79. The summed E-state index contributed by atoms with van der Waals surface area (Å²) in [4.78, 5) is 2.33. The Labute approximate surface area is 189 Å². The first-order chi connectivity index (χ1) is 15.5. The summed E-state index contributed by atoms with van der Waals surface area (Å²) < 4.78 is 24.7. The topological polar surface area (TPSA) is 60.4 Å². The van der Waals surface area contributed by atoms with Crippen LogP contribution in [-0.4, -0.2) is 61.4 Å². The number of likely N-dealkylation sites (N-methyl/N-ethyl adjacent to an activating group) is 1. The number of rotatable bonds is 3. The van der Waals surface area contributed by atoms with Gasteiger partial charge in [-0.1, -0.05) is 24.3 Å². The van der Waals surface area contributed by atoms with Crippen molar-refractivity contribution in [1.82, 2.24) is 4.90 Å². The molecule has 2 aliphatic heterocycles. The molecule has 3 atom stereocenters. The third-order valence-electron chi connectivity index (χ3n) is 8.36. The van der Waals surface area contributed by atoms with Crippen molar-refractivity contribution in [3.63, 3.8) is 0 Å². The minimum absolute atomic E-state index is 0.0560. The average molecular weight is 438 g/mol. The second-order valence-electron chi connectivity index (χ2n) is 9.79. The smallest absolute Gasteiger partial charge is 0.173 e. The number of ether oxygens (including phenoxy) is 4. The first-order valence-electron chi connectivity index (χ1n) is 11.6. The van der Waals surface area contributed by atoms with E-state index in [1.165, 1.54) is 5.56 Å². The van der Waals surface area contributed by atoms with Crippen LogP contribution in [0.2, 0.25) is 0 Å². The van der Waals surface area contributed by atoms with E-state index < -0.39 is 16.8 Å². The molecule has 6 nitrogen and oxygen atoms in total. The van der Waals surface area contributed by atoms with Gasteiger partial charge in [-0.15, -0.1) is 0 Å². The Hall–Kier alpha value is -2.12. The molecule has 32 heavy (non-hydrogen) atoms. The minimum atomic E-state index is -0.880. The lowest BCUT2D eigenvalue weighted by atomic mass is 9.48. The first kappa shape index (κ1) is 20.5. The number of benzene rings is 2. The van der Waals surface area contributed by atoms with E-state index in [1.54, 1.807) is 7.11 Å². The van der Waals surface area contributed by atoms with Gasteiger partial charge in [0.2, 0.25) is 0 Å². The van der Waals surface area contributed by atoms with E-state index in [0.717, 1.165) is 30.7 Å². The summed E-state index contributed by atoms with van der Waals surface area (Å²) in [5, 5.41) is 12.4. The molecular formula is C26H31NO5. The summed E-state index contributed by atoms with van der Waals surface area (Å²) in [6.07, 6.45) is 3.59. The monoisotopic (exact) mass is 437 g/mol. The highest BCUT2D eigenvalue weighted by atomic mass is 16.7. The van der Waals surface area contributed by atoms with Gasteiger partial charge < -0.3 is 29.0 Å². The Kier molecular flexibility index (Phi) is 4.60. The maximum atomic E-state index is 12.4. The highest BCUT2D eigenvalue weighted by Crippen LogP contribution is 2.64. The molecule has 1 unspecified atom stereocenters. The van der Waals surface area contributed by atoms with Crippen molar-refractivity contribution in [2.24, 2.45) is 0 Å². The molecule has 2 heterocycles. The lowest BCUT2D eigenvalue weighted by Crippen LogP contribution is -2.74. The van der Waals surface area contributed by atoms with Gasteiger partial charge in [0.1, 0.15) is 5.75 Å². The molecule has 2 bridgehead atoms. The molecule has 6 heteroatoms. The summed E-state index contributed by atoms with van der Waals surface area (Å²) in [6.45, 7) is 2.12. The summed E-state index contributed by atoms with van der Waals surface area (Å²) >= 11 is 0. The van der Waals surface area contributed by atoms with Crippen LogP contribution in [0.15, 0.2) is 42.5 Å². The number of hydrogen-bond acceptors (Lipinski definition) is 6. The van der Waals surface area contributed by atoms with Gasteiger partial charge in [-0.2, -0.15) is 0 Å². The summed E-state index contributed by atoms with van der Waals surface area (Å²) in [5.74, 6) is 1.53. The Morgan fingerprint density at radius 3 is 2.56 bits per heavy atom. The fourth-order valence-corrected chi connectivity index (χ4v) is 6.87. The minimum Gasteiger partial charge on any atom is -0.493 e. The zero-order valence-corrected chi connectivity index (χ0v) is 18.8. The second kappa shape index (κ2) is 7.19. The van der Waals surface area contributed by atoms with E-state index in [4.69, 9.17) is 18.9 Å². The van der Waals surface area contributed by atoms with Crippen LogP contribution < -0.4 is 9.47 Å². The Bertz CT molecular complexity index is 1020. The number of nitrogens with zero attached hydrogens (tertiary/aromatic N) is 1. The van der Waals surface area contributed by atoms with Crippen molar-refractivity contribution in [3.05, 3.63) is 53.6 Å². The molecule has 4 aliphatic rings. The Balaban J connectivity index is 1.58. The zero-order chi connectivity index (χ0) is 22.0. The highest BCUT2D eigenvalue weighted by molar-refractivity contribution is 5.60. The average Bonchev–Trinajstić information content (AvgIpc) is 3.25. The number of likely N-dealkylation sites (tertiary alicyclic amines) is 1. The lowest BCUT2D eigenvalue weighted by molar-refractivity contribution is -0.257. The van der Waals surface area contributed by atoms with E-state index in [2.05, 4.69) is 18.0 Å². The number of piperidine rings is 1. The van der Waals surface area contributed by atoms with Crippen LogP contribution in [0.3, 0.4) is 0 Å². The number of methoxy groups -OCH3 is 1. The van der Waals surface area contributed by atoms with E-state index in [0.29, 0.717) is 44.0 Å². The maximum absolute atomic E-state index is 12.4. The predicted molar refractivity (Wildman–Crippen MR) is 119 cm³/mol. The van der Waals surface area contributed by atoms with Gasteiger partial charge in [-0.05, 0) is 56.6 Å². The van der Waals surface area contributed by atoms with E-state index in [9.17, 15) is 5.11 Å². The zero-order valence-electron chi connectivity index (χ0n) is 18.8. The van der Waals surface area contributed by atoms with Gasteiger partial charge in [-0.25, -0.2) is 0 Å².